The van der Waals surface area contributed by atoms with Crippen LogP contribution in [0.4, 0.5) is 17.1 Å². The summed E-state index contributed by atoms with van der Waals surface area (Å²) in [6.45, 7) is 4.73. The lowest BCUT2D eigenvalue weighted by atomic mass is 9.81. The van der Waals surface area contributed by atoms with E-state index in [2.05, 4.69) is 211 Å². The van der Waals surface area contributed by atoms with Crippen LogP contribution >= 0.6 is 11.3 Å². The Morgan fingerprint density at radius 3 is 1.93 bits per heavy atom. The smallest absolute Gasteiger partial charge is 0.124 e. The van der Waals surface area contributed by atoms with Crippen LogP contribution in [0.25, 0.3) is 81.0 Å². The van der Waals surface area contributed by atoms with Crippen LogP contribution in [0.3, 0.4) is 0 Å². The van der Waals surface area contributed by atoms with E-state index in [1.807, 2.05) is 0 Å². The average molecular weight is 760 g/mol. The highest BCUT2D eigenvalue weighted by Crippen LogP contribution is 2.52. The predicted molar refractivity (Wildman–Crippen MR) is 247 cm³/mol. The summed E-state index contributed by atoms with van der Waals surface area (Å²) in [5.74, 6) is 0. The molecule has 0 amide bonds. The summed E-state index contributed by atoms with van der Waals surface area (Å²) in [6.07, 6.45) is 0. The number of anilines is 3. The number of fused-ring (bicyclic) bond motifs is 10. The lowest BCUT2D eigenvalue weighted by molar-refractivity contribution is 0.662. The largest absolute Gasteiger partial charge is 0.310 e. The van der Waals surface area contributed by atoms with Crippen LogP contribution in [0.5, 0.6) is 0 Å². The second-order valence-electron chi connectivity index (χ2n) is 16.0. The van der Waals surface area contributed by atoms with E-state index in [0.717, 1.165) is 33.3 Å². The standard InChI is InChI=1S/C54H37N3S/c1-54(2)47-29-36-23-22-35-28-39(24-26-41(35)43(36)31-44(47)45-32-52-49(33-48(45)54)55-53(58-52)34-14-6-3-7-15-34)56(37-16-8-4-9-17-37)40-25-27-51-46(30-40)42-20-12-13-21-50(42)57(51)38-18-10-5-11-19-38/h3-33H,1-2H3. The lowest BCUT2D eigenvalue weighted by Gasteiger charge is -2.26. The van der Waals surface area contributed by atoms with Gasteiger partial charge in [0.15, 0.2) is 0 Å². The van der Waals surface area contributed by atoms with Gasteiger partial charge in [-0.1, -0.05) is 117 Å². The van der Waals surface area contributed by atoms with Gasteiger partial charge in [0.25, 0.3) is 0 Å². The van der Waals surface area contributed by atoms with Crippen molar-refractivity contribution in [3.05, 3.63) is 199 Å². The maximum Gasteiger partial charge on any atom is 0.124 e. The van der Waals surface area contributed by atoms with Gasteiger partial charge in [-0.2, -0.15) is 0 Å². The van der Waals surface area contributed by atoms with Crippen molar-refractivity contribution >= 4 is 82.0 Å². The van der Waals surface area contributed by atoms with Gasteiger partial charge in [-0.15, -0.1) is 11.3 Å². The van der Waals surface area contributed by atoms with E-state index in [1.54, 1.807) is 11.3 Å². The van der Waals surface area contributed by atoms with Crippen LogP contribution in [0.2, 0.25) is 0 Å². The minimum atomic E-state index is -0.132. The van der Waals surface area contributed by atoms with Crippen molar-refractivity contribution in [2.75, 3.05) is 4.90 Å². The molecule has 0 atom stereocenters. The van der Waals surface area contributed by atoms with Gasteiger partial charge in [0.1, 0.15) is 5.01 Å². The number of hydrogen-bond donors (Lipinski definition) is 0. The van der Waals surface area contributed by atoms with Gasteiger partial charge in [-0.25, -0.2) is 4.98 Å². The van der Waals surface area contributed by atoms with Crippen LogP contribution in [0.1, 0.15) is 25.0 Å². The van der Waals surface area contributed by atoms with Crippen molar-refractivity contribution < 1.29 is 0 Å². The first-order valence-corrected chi connectivity index (χ1v) is 20.8. The number of nitrogens with zero attached hydrogens (tertiary/aromatic N) is 3. The SMILES string of the molecule is CC1(C)c2cc3ccc4cc(N(c5ccccc5)c5ccc6c(c5)c5ccccc5n6-c5ccccc5)ccc4c3cc2-c2cc3sc(-c4ccccc4)nc3cc21. The fraction of sp³-hybridized carbons (Fsp3) is 0.0556. The molecule has 2 heterocycles. The molecule has 0 fully saturated rings. The quantitative estimate of drug-likeness (QED) is 0.163. The molecule has 0 bridgehead atoms. The molecule has 0 radical (unpaired) electrons. The van der Waals surface area contributed by atoms with Crippen molar-refractivity contribution in [2.45, 2.75) is 19.3 Å². The molecule has 0 saturated heterocycles. The Balaban J connectivity index is 1.00. The van der Waals surface area contributed by atoms with Gasteiger partial charge in [0, 0.05) is 44.5 Å². The molecule has 0 spiro atoms. The molecule has 4 heteroatoms. The van der Waals surface area contributed by atoms with Crippen molar-refractivity contribution in [3.63, 3.8) is 0 Å². The molecule has 0 aliphatic heterocycles. The van der Waals surface area contributed by atoms with E-state index in [4.69, 9.17) is 4.98 Å². The Morgan fingerprint density at radius 1 is 0.483 bits per heavy atom. The Hall–Kier alpha value is -7.01. The molecule has 2 aromatic heterocycles. The van der Waals surface area contributed by atoms with Crippen LogP contribution in [-0.4, -0.2) is 9.55 Å². The second kappa shape index (κ2) is 12.5. The Kier molecular flexibility index (Phi) is 7.14. The van der Waals surface area contributed by atoms with E-state index >= 15 is 0 Å². The lowest BCUT2D eigenvalue weighted by Crippen LogP contribution is -2.14. The monoisotopic (exact) mass is 759 g/mol. The number of para-hydroxylation sites is 3. The van der Waals surface area contributed by atoms with E-state index < -0.39 is 0 Å². The number of aromatic nitrogens is 2. The third kappa shape index (κ3) is 4.95. The van der Waals surface area contributed by atoms with E-state index in [1.165, 1.54) is 75.9 Å². The normalized spacial score (nSPS) is 13.1. The third-order valence-corrected chi connectivity index (χ3v) is 13.4. The minimum absolute atomic E-state index is 0.132. The molecule has 3 nitrogen and oxygen atoms in total. The summed E-state index contributed by atoms with van der Waals surface area (Å²) >= 11 is 1.78. The summed E-state index contributed by atoms with van der Waals surface area (Å²) in [5.41, 5.74) is 14.4. The molecular formula is C54H37N3S. The third-order valence-electron chi connectivity index (χ3n) is 12.3. The molecule has 12 rings (SSSR count). The van der Waals surface area contributed by atoms with E-state index in [9.17, 15) is 0 Å². The minimum Gasteiger partial charge on any atom is -0.310 e. The molecule has 11 aromatic rings. The summed E-state index contributed by atoms with van der Waals surface area (Å²) < 4.78 is 3.60. The predicted octanol–water partition coefficient (Wildman–Crippen LogP) is 15.1. The van der Waals surface area contributed by atoms with Crippen molar-refractivity contribution in [1.29, 1.82) is 0 Å². The molecule has 1 aliphatic rings. The van der Waals surface area contributed by atoms with E-state index in [0.29, 0.717) is 0 Å². The number of benzene rings is 9. The summed E-state index contributed by atoms with van der Waals surface area (Å²) in [7, 11) is 0. The van der Waals surface area contributed by atoms with Crippen molar-refractivity contribution in [2.24, 2.45) is 0 Å². The molecular weight excluding hydrogens is 723 g/mol. The zero-order chi connectivity index (χ0) is 38.5. The molecule has 274 valence electrons. The van der Waals surface area contributed by atoms with Crippen molar-refractivity contribution in [1.82, 2.24) is 9.55 Å². The average Bonchev–Trinajstić information content (AvgIpc) is 3.91. The summed E-state index contributed by atoms with van der Waals surface area (Å²) in [5, 5.41) is 8.57. The molecule has 0 N–H and O–H groups in total. The highest BCUT2D eigenvalue weighted by molar-refractivity contribution is 7.21. The van der Waals surface area contributed by atoms with Crippen LogP contribution in [0.15, 0.2) is 188 Å². The Morgan fingerprint density at radius 2 is 1.12 bits per heavy atom. The van der Waals surface area contributed by atoms with Crippen LogP contribution in [0, 0.1) is 0 Å². The van der Waals surface area contributed by atoms with Gasteiger partial charge in [0.05, 0.1) is 21.3 Å². The molecule has 0 unspecified atom stereocenters. The molecule has 58 heavy (non-hydrogen) atoms. The zero-order valence-corrected chi connectivity index (χ0v) is 33.0. The number of thiazole rings is 1. The summed E-state index contributed by atoms with van der Waals surface area (Å²) in [6, 6.07) is 68.8. The zero-order valence-electron chi connectivity index (χ0n) is 32.1. The van der Waals surface area contributed by atoms with Crippen molar-refractivity contribution in [3.8, 4) is 27.4 Å². The fourth-order valence-electron chi connectivity index (χ4n) is 9.52. The maximum atomic E-state index is 5.11. The second-order valence-corrected chi connectivity index (χ2v) is 17.1. The highest BCUT2D eigenvalue weighted by Gasteiger charge is 2.36. The highest BCUT2D eigenvalue weighted by atomic mass is 32.1. The number of rotatable bonds is 5. The van der Waals surface area contributed by atoms with Crippen LogP contribution in [-0.2, 0) is 5.41 Å². The first kappa shape index (κ1) is 33.2. The molecule has 1 aliphatic carbocycles. The Bertz CT molecular complexity index is 3420. The molecule has 9 aromatic carbocycles. The first-order valence-electron chi connectivity index (χ1n) is 20.0. The maximum absolute atomic E-state index is 5.11. The van der Waals surface area contributed by atoms with E-state index in [-0.39, 0.29) is 5.41 Å². The van der Waals surface area contributed by atoms with Gasteiger partial charge in [-0.05, 0) is 129 Å². The van der Waals surface area contributed by atoms with Gasteiger partial charge in [0.2, 0.25) is 0 Å². The van der Waals surface area contributed by atoms with Gasteiger partial charge in [-0.3, -0.25) is 0 Å². The fourth-order valence-corrected chi connectivity index (χ4v) is 10.5. The number of hydrogen-bond acceptors (Lipinski definition) is 3. The van der Waals surface area contributed by atoms with Gasteiger partial charge >= 0.3 is 0 Å². The topological polar surface area (TPSA) is 21.1 Å². The first-order chi connectivity index (χ1) is 28.5. The summed E-state index contributed by atoms with van der Waals surface area (Å²) in [4.78, 5) is 7.50. The van der Waals surface area contributed by atoms with Crippen LogP contribution < -0.4 is 4.90 Å². The van der Waals surface area contributed by atoms with Gasteiger partial charge < -0.3 is 9.47 Å². The Labute approximate surface area is 340 Å². The molecule has 0 saturated carbocycles.